The maximum Gasteiger partial charge on any atom is 0.264 e. The van der Waals surface area contributed by atoms with Crippen LogP contribution in [0.4, 0.5) is 4.39 Å². The van der Waals surface area contributed by atoms with E-state index in [-0.39, 0.29) is 17.2 Å². The molecule has 0 spiro atoms. The second kappa shape index (κ2) is 3.55. The van der Waals surface area contributed by atoms with Crippen molar-refractivity contribution in [2.45, 2.75) is 19.3 Å². The smallest absolute Gasteiger partial charge is 0.264 e. The van der Waals surface area contributed by atoms with Gasteiger partial charge in [0, 0.05) is 5.92 Å². The molecule has 0 saturated heterocycles. The summed E-state index contributed by atoms with van der Waals surface area (Å²) < 4.78 is 18.6. The van der Waals surface area contributed by atoms with Gasteiger partial charge in [0.25, 0.3) is 5.89 Å². The van der Waals surface area contributed by atoms with Gasteiger partial charge in [-0.15, -0.1) is 0 Å². The number of nitrogens with zero attached hydrogens (tertiary/aromatic N) is 2. The minimum absolute atomic E-state index is 0.0282. The molecule has 1 aliphatic rings. The molecule has 1 N–H and O–H groups in total. The molecule has 88 valence electrons. The van der Waals surface area contributed by atoms with Gasteiger partial charge in [0.05, 0.1) is 0 Å². The zero-order valence-electron chi connectivity index (χ0n) is 9.22. The van der Waals surface area contributed by atoms with Crippen molar-refractivity contribution in [1.82, 2.24) is 10.1 Å². The largest absolute Gasteiger partial charge is 0.507 e. The van der Waals surface area contributed by atoms with Gasteiger partial charge in [-0.25, -0.2) is 4.39 Å². The third-order valence-electron chi connectivity index (χ3n) is 3.09. The molecule has 3 rings (SSSR count). The van der Waals surface area contributed by atoms with Gasteiger partial charge >= 0.3 is 0 Å². The molecule has 1 fully saturated rings. The highest BCUT2D eigenvalue weighted by atomic mass is 19.1. The predicted octanol–water partition coefficient (Wildman–Crippen LogP) is 2.70. The van der Waals surface area contributed by atoms with E-state index in [9.17, 15) is 9.50 Å². The summed E-state index contributed by atoms with van der Waals surface area (Å²) in [6.45, 7) is 2.10. The monoisotopic (exact) mass is 234 g/mol. The normalized spacial score (nSPS) is 22.7. The standard InChI is InChI=1S/C12H11FN2O2/c1-6-5-7(6)11-14-12(17-15-11)10-8(13)3-2-4-9(10)16/h2-4,6-7,16H,5H2,1H3. The Morgan fingerprint density at radius 1 is 1.47 bits per heavy atom. The third-order valence-corrected chi connectivity index (χ3v) is 3.09. The quantitative estimate of drug-likeness (QED) is 0.867. The fourth-order valence-corrected chi connectivity index (χ4v) is 1.89. The molecule has 1 aromatic carbocycles. The van der Waals surface area contributed by atoms with Crippen molar-refractivity contribution in [3.05, 3.63) is 29.8 Å². The Bertz CT molecular complexity index is 547. The predicted molar refractivity (Wildman–Crippen MR) is 57.9 cm³/mol. The highest BCUT2D eigenvalue weighted by Crippen LogP contribution is 2.46. The maximum absolute atomic E-state index is 13.6. The lowest BCUT2D eigenvalue weighted by molar-refractivity contribution is 0.413. The molecule has 0 amide bonds. The molecule has 0 bridgehead atoms. The zero-order valence-corrected chi connectivity index (χ0v) is 9.22. The van der Waals surface area contributed by atoms with Gasteiger partial charge in [-0.05, 0) is 24.5 Å². The van der Waals surface area contributed by atoms with E-state index >= 15 is 0 Å². The van der Waals surface area contributed by atoms with Crippen LogP contribution in [0.2, 0.25) is 0 Å². The van der Waals surface area contributed by atoms with E-state index < -0.39 is 5.82 Å². The molecule has 1 heterocycles. The van der Waals surface area contributed by atoms with Crippen LogP contribution in [-0.4, -0.2) is 15.2 Å². The zero-order chi connectivity index (χ0) is 12.0. The molecule has 1 aliphatic carbocycles. The van der Waals surface area contributed by atoms with E-state index in [1.807, 2.05) is 0 Å². The Kier molecular flexibility index (Phi) is 2.14. The molecule has 0 aliphatic heterocycles. The van der Waals surface area contributed by atoms with E-state index in [0.717, 1.165) is 6.42 Å². The van der Waals surface area contributed by atoms with Crippen LogP contribution in [0.15, 0.2) is 22.7 Å². The molecule has 17 heavy (non-hydrogen) atoms. The van der Waals surface area contributed by atoms with Crippen LogP contribution in [0.5, 0.6) is 5.75 Å². The Labute approximate surface area is 97.1 Å². The first-order valence-corrected chi connectivity index (χ1v) is 5.48. The summed E-state index contributed by atoms with van der Waals surface area (Å²) in [4.78, 5) is 4.14. The van der Waals surface area contributed by atoms with Crippen LogP contribution in [0.3, 0.4) is 0 Å². The van der Waals surface area contributed by atoms with Crippen LogP contribution in [0.1, 0.15) is 25.1 Å². The Morgan fingerprint density at radius 3 is 2.88 bits per heavy atom. The third kappa shape index (κ3) is 1.67. The van der Waals surface area contributed by atoms with Gasteiger partial charge in [-0.3, -0.25) is 0 Å². The van der Waals surface area contributed by atoms with Crippen LogP contribution >= 0.6 is 0 Å². The summed E-state index contributed by atoms with van der Waals surface area (Å²) in [7, 11) is 0. The second-order valence-corrected chi connectivity index (χ2v) is 4.41. The SMILES string of the molecule is CC1CC1c1noc(-c2c(O)cccc2F)n1. The van der Waals surface area contributed by atoms with Crippen LogP contribution in [0.25, 0.3) is 11.5 Å². The van der Waals surface area contributed by atoms with Crippen molar-refractivity contribution >= 4 is 0 Å². The molecule has 2 aromatic rings. The lowest BCUT2D eigenvalue weighted by Gasteiger charge is -1.99. The topological polar surface area (TPSA) is 59.2 Å². The number of hydrogen-bond acceptors (Lipinski definition) is 4. The fraction of sp³-hybridized carbons (Fsp3) is 0.333. The van der Waals surface area contributed by atoms with Gasteiger partial charge in [-0.2, -0.15) is 4.98 Å². The van der Waals surface area contributed by atoms with E-state index in [1.54, 1.807) is 0 Å². The molecular weight excluding hydrogens is 223 g/mol. The van der Waals surface area contributed by atoms with E-state index in [0.29, 0.717) is 17.7 Å². The average Bonchev–Trinajstić information content (AvgIpc) is 2.83. The van der Waals surface area contributed by atoms with E-state index in [2.05, 4.69) is 17.1 Å². The summed E-state index contributed by atoms with van der Waals surface area (Å²) >= 11 is 0. The molecule has 2 unspecified atom stereocenters. The van der Waals surface area contributed by atoms with Crippen molar-refractivity contribution < 1.29 is 14.0 Å². The van der Waals surface area contributed by atoms with Crippen LogP contribution in [-0.2, 0) is 0 Å². The van der Waals surface area contributed by atoms with Crippen molar-refractivity contribution in [2.75, 3.05) is 0 Å². The Hall–Kier alpha value is -1.91. The average molecular weight is 234 g/mol. The first-order chi connectivity index (χ1) is 8.16. The fourth-order valence-electron chi connectivity index (χ4n) is 1.89. The Balaban J connectivity index is 2.01. The van der Waals surface area contributed by atoms with Crippen molar-refractivity contribution in [1.29, 1.82) is 0 Å². The summed E-state index contributed by atoms with van der Waals surface area (Å²) in [6.07, 6.45) is 1.03. The summed E-state index contributed by atoms with van der Waals surface area (Å²) in [6, 6.07) is 4.06. The summed E-state index contributed by atoms with van der Waals surface area (Å²) in [5.41, 5.74) is -0.0282. The van der Waals surface area contributed by atoms with Gasteiger partial charge in [0.1, 0.15) is 17.1 Å². The molecule has 1 saturated carbocycles. The van der Waals surface area contributed by atoms with Gasteiger partial charge in [-0.1, -0.05) is 18.1 Å². The lowest BCUT2D eigenvalue weighted by atomic mass is 10.2. The minimum atomic E-state index is -0.566. The molecule has 0 radical (unpaired) electrons. The van der Waals surface area contributed by atoms with Crippen molar-refractivity contribution in [3.8, 4) is 17.2 Å². The van der Waals surface area contributed by atoms with Gasteiger partial charge < -0.3 is 9.63 Å². The highest BCUT2D eigenvalue weighted by Gasteiger charge is 2.38. The minimum Gasteiger partial charge on any atom is -0.507 e. The first kappa shape index (κ1) is 10.3. The lowest BCUT2D eigenvalue weighted by Crippen LogP contribution is -1.87. The van der Waals surface area contributed by atoms with Gasteiger partial charge in [0.15, 0.2) is 5.82 Å². The van der Waals surface area contributed by atoms with Crippen LogP contribution in [0, 0.1) is 11.7 Å². The molecule has 4 nitrogen and oxygen atoms in total. The van der Waals surface area contributed by atoms with E-state index in [4.69, 9.17) is 4.52 Å². The number of hydrogen-bond donors (Lipinski definition) is 1. The number of halogens is 1. The number of benzene rings is 1. The molecule has 2 atom stereocenters. The van der Waals surface area contributed by atoms with Gasteiger partial charge in [0.2, 0.25) is 0 Å². The molecule has 5 heteroatoms. The molecule has 1 aromatic heterocycles. The van der Waals surface area contributed by atoms with Crippen molar-refractivity contribution in [2.24, 2.45) is 5.92 Å². The second-order valence-electron chi connectivity index (χ2n) is 4.41. The Morgan fingerprint density at radius 2 is 2.24 bits per heavy atom. The summed E-state index contributed by atoms with van der Waals surface area (Å²) in [5.74, 6) is 0.731. The van der Waals surface area contributed by atoms with Crippen LogP contribution < -0.4 is 0 Å². The molecular formula is C12H11FN2O2. The van der Waals surface area contributed by atoms with E-state index in [1.165, 1.54) is 18.2 Å². The number of phenols is 1. The first-order valence-electron chi connectivity index (χ1n) is 5.48. The number of rotatable bonds is 2. The maximum atomic E-state index is 13.6. The van der Waals surface area contributed by atoms with Crippen molar-refractivity contribution in [3.63, 3.8) is 0 Å². The highest BCUT2D eigenvalue weighted by molar-refractivity contribution is 5.62. The number of aromatic hydroxyl groups is 1. The summed E-state index contributed by atoms with van der Waals surface area (Å²) in [5, 5.41) is 13.4. The number of aromatic nitrogens is 2. The number of phenolic OH excluding ortho intramolecular Hbond substituents is 1.